The maximum atomic E-state index is 12.6. The van der Waals surface area contributed by atoms with Crippen LogP contribution in [0.1, 0.15) is 39.2 Å². The third-order valence-electron chi connectivity index (χ3n) is 6.36. The first-order valence-electron chi connectivity index (χ1n) is 12.7. The molecule has 0 radical (unpaired) electrons. The smallest absolute Gasteiger partial charge is 0.407 e. The second-order valence-corrected chi connectivity index (χ2v) is 11.2. The van der Waals surface area contributed by atoms with Crippen LogP contribution in [0.25, 0.3) is 0 Å². The van der Waals surface area contributed by atoms with Crippen molar-refractivity contribution >= 4 is 46.7 Å². The molecule has 208 valence electrons. The van der Waals surface area contributed by atoms with E-state index in [2.05, 4.69) is 20.1 Å². The molecule has 0 bridgehead atoms. The molecule has 1 aliphatic heterocycles. The van der Waals surface area contributed by atoms with Crippen LogP contribution in [0.5, 0.6) is 5.88 Å². The number of benzene rings is 1. The maximum absolute atomic E-state index is 12.6. The van der Waals surface area contributed by atoms with E-state index in [9.17, 15) is 14.7 Å². The highest BCUT2D eigenvalue weighted by Crippen LogP contribution is 2.33. The Bertz CT molecular complexity index is 1120. The molecule has 0 saturated carbocycles. The minimum atomic E-state index is -1.06. The largest absolute Gasteiger partial charge is 0.478 e. The van der Waals surface area contributed by atoms with Crippen molar-refractivity contribution in [2.24, 2.45) is 5.41 Å². The highest BCUT2D eigenvalue weighted by Gasteiger charge is 2.24. The number of aromatic nitrogens is 1. The van der Waals surface area contributed by atoms with Gasteiger partial charge in [0, 0.05) is 50.3 Å². The van der Waals surface area contributed by atoms with E-state index in [0.717, 1.165) is 56.2 Å². The van der Waals surface area contributed by atoms with Crippen molar-refractivity contribution in [3.8, 4) is 5.88 Å². The van der Waals surface area contributed by atoms with Gasteiger partial charge in [0.05, 0.1) is 28.9 Å². The second-order valence-electron chi connectivity index (χ2n) is 10.5. The first-order valence-corrected chi connectivity index (χ1v) is 13.5. The monoisotopic (exact) mass is 565 g/mol. The molecule has 38 heavy (non-hydrogen) atoms. The van der Waals surface area contributed by atoms with Crippen molar-refractivity contribution in [2.45, 2.75) is 40.2 Å². The number of halogens is 2. The number of nitrogens with one attached hydrogen (secondary N) is 1. The highest BCUT2D eigenvalue weighted by atomic mass is 35.5. The Balaban J connectivity index is 1.47. The van der Waals surface area contributed by atoms with Crippen LogP contribution >= 0.6 is 23.2 Å². The Kier molecular flexibility index (Phi) is 10.5. The predicted octanol–water partition coefficient (Wildman–Crippen LogP) is 5.46. The molecule has 0 aliphatic carbocycles. The lowest BCUT2D eigenvalue weighted by Crippen LogP contribution is -2.46. The standard InChI is InChI=1S/C27H37Cl2N5O4/c1-27(2,3)25(35)31-24-19(18-32(4)26(36)37)10-11-22(30-24)38-17-6-5-12-33-13-15-34(16-14-33)21-9-7-8-20(28)23(21)29/h7-11H,5-6,12-18H2,1-4H3,(H,36,37)(H,30,31,35). The van der Waals surface area contributed by atoms with Crippen LogP contribution in [-0.4, -0.2) is 78.3 Å². The molecule has 0 spiro atoms. The zero-order valence-corrected chi connectivity index (χ0v) is 24.0. The lowest BCUT2D eigenvalue weighted by molar-refractivity contribution is -0.123. The van der Waals surface area contributed by atoms with E-state index in [1.54, 1.807) is 39.0 Å². The van der Waals surface area contributed by atoms with E-state index in [-0.39, 0.29) is 12.5 Å². The first-order chi connectivity index (χ1) is 18.0. The summed E-state index contributed by atoms with van der Waals surface area (Å²) in [6, 6.07) is 9.18. The SMILES string of the molecule is CN(Cc1ccc(OCCCCN2CCN(c3cccc(Cl)c3Cl)CC2)nc1NC(=O)C(C)(C)C)C(=O)O. The Labute approximate surface area is 234 Å². The number of piperazine rings is 1. The Morgan fingerprint density at radius 3 is 2.47 bits per heavy atom. The van der Waals surface area contributed by atoms with Gasteiger partial charge in [-0.25, -0.2) is 4.79 Å². The van der Waals surface area contributed by atoms with Crippen LogP contribution < -0.4 is 15.0 Å². The number of rotatable bonds is 10. The van der Waals surface area contributed by atoms with Gasteiger partial charge in [0.2, 0.25) is 11.8 Å². The fourth-order valence-electron chi connectivity index (χ4n) is 3.97. The number of nitrogens with zero attached hydrogens (tertiary/aromatic N) is 4. The molecule has 1 saturated heterocycles. The molecule has 9 nitrogen and oxygen atoms in total. The third-order valence-corrected chi connectivity index (χ3v) is 7.17. The number of pyridine rings is 1. The maximum Gasteiger partial charge on any atom is 0.407 e. The molecule has 11 heteroatoms. The summed E-state index contributed by atoms with van der Waals surface area (Å²) in [4.78, 5) is 34.1. The lowest BCUT2D eigenvalue weighted by Gasteiger charge is -2.36. The summed E-state index contributed by atoms with van der Waals surface area (Å²) in [5.41, 5.74) is 0.955. The van der Waals surface area contributed by atoms with Crippen LogP contribution in [0, 0.1) is 5.41 Å². The molecule has 3 rings (SSSR count). The molecule has 0 unspecified atom stereocenters. The average Bonchev–Trinajstić information content (AvgIpc) is 2.86. The van der Waals surface area contributed by atoms with E-state index in [0.29, 0.717) is 33.9 Å². The van der Waals surface area contributed by atoms with E-state index in [1.807, 2.05) is 12.1 Å². The minimum Gasteiger partial charge on any atom is -0.478 e. The molecule has 1 aromatic carbocycles. The topological polar surface area (TPSA) is 98.2 Å². The summed E-state index contributed by atoms with van der Waals surface area (Å²) in [7, 11) is 1.47. The van der Waals surface area contributed by atoms with Gasteiger partial charge in [-0.05, 0) is 37.6 Å². The van der Waals surface area contributed by atoms with Gasteiger partial charge in [-0.1, -0.05) is 50.0 Å². The van der Waals surface area contributed by atoms with Crippen LogP contribution in [0.3, 0.4) is 0 Å². The van der Waals surface area contributed by atoms with Crippen molar-refractivity contribution < 1.29 is 19.4 Å². The fraction of sp³-hybridized carbons (Fsp3) is 0.519. The van der Waals surface area contributed by atoms with Gasteiger partial charge in [-0.2, -0.15) is 4.98 Å². The zero-order chi connectivity index (χ0) is 27.9. The van der Waals surface area contributed by atoms with E-state index in [4.69, 9.17) is 27.9 Å². The number of amides is 2. The quantitative estimate of drug-likeness (QED) is 0.369. The number of anilines is 2. The predicted molar refractivity (Wildman–Crippen MR) is 152 cm³/mol. The molecule has 1 aliphatic rings. The van der Waals surface area contributed by atoms with Gasteiger partial charge < -0.3 is 25.0 Å². The van der Waals surface area contributed by atoms with Gasteiger partial charge >= 0.3 is 6.09 Å². The van der Waals surface area contributed by atoms with Crippen LogP contribution in [0.2, 0.25) is 10.0 Å². The summed E-state index contributed by atoms with van der Waals surface area (Å²) in [5, 5.41) is 13.2. The van der Waals surface area contributed by atoms with E-state index in [1.165, 1.54) is 7.05 Å². The summed E-state index contributed by atoms with van der Waals surface area (Å²) in [6.07, 6.45) is 0.774. The van der Waals surface area contributed by atoms with Gasteiger partial charge in [0.15, 0.2) is 0 Å². The lowest BCUT2D eigenvalue weighted by atomic mass is 9.95. The van der Waals surface area contributed by atoms with Crippen LogP contribution in [0.4, 0.5) is 16.3 Å². The van der Waals surface area contributed by atoms with Crippen molar-refractivity contribution in [1.29, 1.82) is 0 Å². The van der Waals surface area contributed by atoms with E-state index >= 15 is 0 Å². The summed E-state index contributed by atoms with van der Waals surface area (Å²) in [6.45, 7) is 10.7. The number of hydrogen-bond donors (Lipinski definition) is 2. The second kappa shape index (κ2) is 13.4. The van der Waals surface area contributed by atoms with Crippen molar-refractivity contribution in [2.75, 3.05) is 56.6 Å². The number of carbonyl (C=O) groups is 2. The molecule has 1 aromatic heterocycles. The number of carboxylic acid groups (broad SMARTS) is 1. The number of hydrogen-bond acceptors (Lipinski definition) is 6. The number of unbranched alkanes of at least 4 members (excludes halogenated alkanes) is 1. The Morgan fingerprint density at radius 1 is 1.11 bits per heavy atom. The summed E-state index contributed by atoms with van der Waals surface area (Å²) >= 11 is 12.5. The molecule has 2 N–H and O–H groups in total. The molecule has 1 fully saturated rings. The van der Waals surface area contributed by atoms with Gasteiger partial charge in [-0.3, -0.25) is 9.69 Å². The molecule has 0 atom stereocenters. The fourth-order valence-corrected chi connectivity index (χ4v) is 4.38. The average molecular weight is 567 g/mol. The highest BCUT2D eigenvalue weighted by molar-refractivity contribution is 6.43. The molecule has 2 aromatic rings. The van der Waals surface area contributed by atoms with Gasteiger partial charge in [0.1, 0.15) is 5.82 Å². The molecule has 2 amide bonds. The Morgan fingerprint density at radius 2 is 1.82 bits per heavy atom. The van der Waals surface area contributed by atoms with Crippen molar-refractivity contribution in [3.63, 3.8) is 0 Å². The minimum absolute atomic E-state index is 0.0964. The first kappa shape index (κ1) is 29.8. The van der Waals surface area contributed by atoms with Crippen LogP contribution in [-0.2, 0) is 11.3 Å². The van der Waals surface area contributed by atoms with Gasteiger partial charge in [0.25, 0.3) is 0 Å². The van der Waals surface area contributed by atoms with E-state index < -0.39 is 11.5 Å². The number of ether oxygens (including phenoxy) is 1. The molecule has 2 heterocycles. The summed E-state index contributed by atoms with van der Waals surface area (Å²) < 4.78 is 5.86. The molecular weight excluding hydrogens is 529 g/mol. The Hall–Kier alpha value is -2.75. The normalized spacial score (nSPS) is 14.3. The third kappa shape index (κ3) is 8.38. The molecular formula is C27H37Cl2N5O4. The number of carbonyl (C=O) groups excluding carboxylic acids is 1. The van der Waals surface area contributed by atoms with Crippen molar-refractivity contribution in [1.82, 2.24) is 14.8 Å². The summed E-state index contributed by atoms with van der Waals surface area (Å²) in [5.74, 6) is 0.496. The zero-order valence-electron chi connectivity index (χ0n) is 22.5. The van der Waals surface area contributed by atoms with Gasteiger partial charge in [-0.15, -0.1) is 0 Å². The van der Waals surface area contributed by atoms with Crippen molar-refractivity contribution in [3.05, 3.63) is 45.9 Å². The van der Waals surface area contributed by atoms with Crippen LogP contribution in [0.15, 0.2) is 30.3 Å².